The molecule has 3 amide bonds. The van der Waals surface area contributed by atoms with Gasteiger partial charge in [-0.25, -0.2) is 9.59 Å². The predicted molar refractivity (Wildman–Crippen MR) is 96.7 cm³/mol. The Balaban J connectivity index is 1.72. The van der Waals surface area contributed by atoms with E-state index in [1.807, 2.05) is 26.0 Å². The standard InChI is InChI=1S/C20H22N2O4/c1-12-6-7-15-14(10-17(23)26-16(15)9-12)11-22-18(24)20(21-19(22)25)8-4-3-5-13(20)2/h6-7,9-10,13H,3-5,8,11H2,1-2H3,(H,21,25)/t13-,20-/m0/s1. The van der Waals surface area contributed by atoms with Crippen molar-refractivity contribution in [1.29, 1.82) is 0 Å². The largest absolute Gasteiger partial charge is 0.423 e. The molecule has 1 aliphatic heterocycles. The maximum absolute atomic E-state index is 13.1. The van der Waals surface area contributed by atoms with Gasteiger partial charge in [0.15, 0.2) is 0 Å². The molecule has 1 aromatic carbocycles. The number of carbonyl (C=O) groups is 2. The van der Waals surface area contributed by atoms with Gasteiger partial charge in [-0.15, -0.1) is 0 Å². The summed E-state index contributed by atoms with van der Waals surface area (Å²) in [5.74, 6) is -0.0684. The molecule has 6 nitrogen and oxygen atoms in total. The van der Waals surface area contributed by atoms with Crippen molar-refractivity contribution in [2.75, 3.05) is 0 Å². The molecule has 2 aromatic rings. The van der Waals surface area contributed by atoms with Crippen LogP contribution < -0.4 is 10.9 Å². The number of rotatable bonds is 2. The van der Waals surface area contributed by atoms with Gasteiger partial charge < -0.3 is 9.73 Å². The summed E-state index contributed by atoms with van der Waals surface area (Å²) in [6.07, 6.45) is 3.61. The lowest BCUT2D eigenvalue weighted by Crippen LogP contribution is -2.53. The third-order valence-electron chi connectivity index (χ3n) is 5.82. The molecular weight excluding hydrogens is 332 g/mol. The highest BCUT2D eigenvalue weighted by molar-refractivity contribution is 6.07. The van der Waals surface area contributed by atoms with E-state index in [1.165, 1.54) is 11.0 Å². The Bertz CT molecular complexity index is 964. The summed E-state index contributed by atoms with van der Waals surface area (Å²) in [4.78, 5) is 38.9. The van der Waals surface area contributed by atoms with Crippen LogP contribution in [-0.4, -0.2) is 22.4 Å². The van der Waals surface area contributed by atoms with Crippen molar-refractivity contribution >= 4 is 22.9 Å². The van der Waals surface area contributed by atoms with E-state index in [4.69, 9.17) is 4.42 Å². The zero-order valence-corrected chi connectivity index (χ0v) is 15.0. The molecule has 1 N–H and O–H groups in total. The summed E-state index contributed by atoms with van der Waals surface area (Å²) in [5, 5.41) is 3.69. The summed E-state index contributed by atoms with van der Waals surface area (Å²) in [5.41, 5.74) is 0.801. The first-order valence-electron chi connectivity index (χ1n) is 9.08. The Kier molecular flexibility index (Phi) is 3.86. The minimum atomic E-state index is -0.791. The summed E-state index contributed by atoms with van der Waals surface area (Å²) in [6, 6.07) is 6.56. The van der Waals surface area contributed by atoms with Gasteiger partial charge in [0.05, 0.1) is 6.54 Å². The maximum Gasteiger partial charge on any atom is 0.336 e. The van der Waals surface area contributed by atoms with Crippen LogP contribution in [-0.2, 0) is 11.3 Å². The van der Waals surface area contributed by atoms with Crippen LogP contribution >= 0.6 is 0 Å². The van der Waals surface area contributed by atoms with Crippen LogP contribution in [0.25, 0.3) is 11.0 Å². The highest BCUT2D eigenvalue weighted by Crippen LogP contribution is 2.38. The quantitative estimate of drug-likeness (QED) is 0.664. The van der Waals surface area contributed by atoms with E-state index in [-0.39, 0.29) is 24.4 Å². The fourth-order valence-corrected chi connectivity index (χ4v) is 4.28. The first-order valence-corrected chi connectivity index (χ1v) is 9.08. The number of hydrogen-bond acceptors (Lipinski definition) is 4. The number of amides is 3. The van der Waals surface area contributed by atoms with Gasteiger partial charge in [0.1, 0.15) is 11.1 Å². The first kappa shape index (κ1) is 16.8. The van der Waals surface area contributed by atoms with Crippen LogP contribution in [0.4, 0.5) is 4.79 Å². The highest BCUT2D eigenvalue weighted by atomic mass is 16.4. The molecule has 0 bridgehead atoms. The Hall–Kier alpha value is -2.63. The molecule has 1 aliphatic carbocycles. The molecule has 0 unspecified atom stereocenters. The number of fused-ring (bicyclic) bond motifs is 1. The average molecular weight is 354 g/mol. The molecule has 136 valence electrons. The lowest BCUT2D eigenvalue weighted by Gasteiger charge is -2.36. The van der Waals surface area contributed by atoms with E-state index >= 15 is 0 Å². The Morgan fingerprint density at radius 3 is 2.81 bits per heavy atom. The summed E-state index contributed by atoms with van der Waals surface area (Å²) in [6.45, 7) is 4.01. The van der Waals surface area contributed by atoms with Crippen molar-refractivity contribution in [2.24, 2.45) is 5.92 Å². The average Bonchev–Trinajstić information content (AvgIpc) is 2.82. The topological polar surface area (TPSA) is 79.6 Å². The molecule has 6 heteroatoms. The molecule has 2 fully saturated rings. The number of imide groups is 1. The predicted octanol–water partition coefficient (Wildman–Crippen LogP) is 3.10. The summed E-state index contributed by atoms with van der Waals surface area (Å²) >= 11 is 0. The number of benzene rings is 1. The van der Waals surface area contributed by atoms with Gasteiger partial charge in [0.25, 0.3) is 5.91 Å². The van der Waals surface area contributed by atoms with Crippen molar-refractivity contribution in [3.05, 3.63) is 45.8 Å². The number of nitrogens with zero attached hydrogens (tertiary/aromatic N) is 1. The SMILES string of the molecule is Cc1ccc2c(CN3C(=O)N[C@]4(CCCC[C@@H]4C)C3=O)cc(=O)oc2c1. The molecule has 2 aliphatic rings. The van der Waals surface area contributed by atoms with E-state index in [0.717, 1.165) is 30.2 Å². The van der Waals surface area contributed by atoms with Gasteiger partial charge in [-0.2, -0.15) is 0 Å². The second kappa shape index (κ2) is 5.97. The second-order valence-electron chi connectivity index (χ2n) is 7.53. The maximum atomic E-state index is 13.1. The smallest absolute Gasteiger partial charge is 0.336 e. The molecule has 1 saturated heterocycles. The van der Waals surface area contributed by atoms with Crippen molar-refractivity contribution < 1.29 is 14.0 Å². The number of aryl methyl sites for hydroxylation is 1. The number of hydrogen-bond donors (Lipinski definition) is 1. The number of urea groups is 1. The van der Waals surface area contributed by atoms with E-state index in [9.17, 15) is 14.4 Å². The molecular formula is C20H22N2O4. The van der Waals surface area contributed by atoms with Gasteiger partial charge in [-0.1, -0.05) is 31.9 Å². The van der Waals surface area contributed by atoms with Crippen LogP contribution in [0, 0.1) is 12.8 Å². The van der Waals surface area contributed by atoms with E-state index in [1.54, 1.807) is 6.07 Å². The van der Waals surface area contributed by atoms with Crippen LogP contribution in [0.5, 0.6) is 0 Å². The first-order chi connectivity index (χ1) is 12.4. The van der Waals surface area contributed by atoms with Crippen LogP contribution in [0.2, 0.25) is 0 Å². The summed E-state index contributed by atoms with van der Waals surface area (Å²) in [7, 11) is 0. The van der Waals surface area contributed by atoms with Crippen LogP contribution in [0.15, 0.2) is 33.5 Å². The van der Waals surface area contributed by atoms with Crippen LogP contribution in [0.3, 0.4) is 0 Å². The molecule has 1 spiro atoms. The normalized spacial score (nSPS) is 25.9. The van der Waals surface area contributed by atoms with Crippen molar-refractivity contribution in [3.8, 4) is 0 Å². The number of carbonyl (C=O) groups excluding carboxylic acids is 2. The van der Waals surface area contributed by atoms with E-state index < -0.39 is 11.2 Å². The minimum absolute atomic E-state index is 0.0737. The third-order valence-corrected chi connectivity index (χ3v) is 5.82. The van der Waals surface area contributed by atoms with Crippen LogP contribution in [0.1, 0.15) is 43.7 Å². The van der Waals surface area contributed by atoms with Gasteiger partial charge in [-0.05, 0) is 42.9 Å². The highest BCUT2D eigenvalue weighted by Gasteiger charge is 2.54. The molecule has 1 aromatic heterocycles. The fourth-order valence-electron chi connectivity index (χ4n) is 4.28. The summed E-state index contributed by atoms with van der Waals surface area (Å²) < 4.78 is 5.27. The molecule has 0 radical (unpaired) electrons. The van der Waals surface area contributed by atoms with Gasteiger partial charge in [0, 0.05) is 11.5 Å². The third kappa shape index (κ3) is 2.52. The zero-order chi connectivity index (χ0) is 18.5. The Labute approximate surface area is 151 Å². The molecule has 2 atom stereocenters. The van der Waals surface area contributed by atoms with Gasteiger partial charge in [0.2, 0.25) is 0 Å². The molecule has 1 saturated carbocycles. The lowest BCUT2D eigenvalue weighted by molar-refractivity contribution is -0.134. The van der Waals surface area contributed by atoms with Gasteiger partial charge >= 0.3 is 11.7 Å². The molecule has 4 rings (SSSR count). The molecule has 26 heavy (non-hydrogen) atoms. The van der Waals surface area contributed by atoms with Crippen molar-refractivity contribution in [2.45, 2.75) is 51.6 Å². The number of nitrogens with one attached hydrogen (secondary N) is 1. The molecule has 2 heterocycles. The zero-order valence-electron chi connectivity index (χ0n) is 15.0. The Morgan fingerprint density at radius 2 is 2.04 bits per heavy atom. The van der Waals surface area contributed by atoms with E-state index in [0.29, 0.717) is 17.6 Å². The van der Waals surface area contributed by atoms with E-state index in [2.05, 4.69) is 5.32 Å². The Morgan fingerprint density at radius 1 is 1.23 bits per heavy atom. The minimum Gasteiger partial charge on any atom is -0.423 e. The monoisotopic (exact) mass is 354 g/mol. The van der Waals surface area contributed by atoms with Crippen molar-refractivity contribution in [3.63, 3.8) is 0 Å². The fraction of sp³-hybridized carbons (Fsp3) is 0.450. The van der Waals surface area contributed by atoms with Gasteiger partial charge in [-0.3, -0.25) is 9.69 Å². The van der Waals surface area contributed by atoms with Crippen molar-refractivity contribution in [1.82, 2.24) is 10.2 Å². The lowest BCUT2D eigenvalue weighted by atomic mass is 9.73. The second-order valence-corrected chi connectivity index (χ2v) is 7.53.